The molecule has 0 aliphatic carbocycles. The standard InChI is InChI=1S/C12H10BrNO3/c1-3-5-10(4-2)17-12-7-6-9(13)8-11(12)14(15)16/h3-8H,1-2H2/b10-5+. The number of nitro benzene ring substituents is 1. The number of rotatable bonds is 5. The van der Waals surface area contributed by atoms with Gasteiger partial charge >= 0.3 is 5.69 Å². The van der Waals surface area contributed by atoms with E-state index in [0.29, 0.717) is 10.2 Å². The van der Waals surface area contributed by atoms with E-state index in [0.717, 1.165) is 0 Å². The minimum absolute atomic E-state index is 0.115. The van der Waals surface area contributed by atoms with E-state index in [1.165, 1.54) is 24.3 Å². The maximum Gasteiger partial charge on any atom is 0.312 e. The lowest BCUT2D eigenvalue weighted by Gasteiger charge is -2.06. The number of halogens is 1. The van der Waals surface area contributed by atoms with Crippen molar-refractivity contribution < 1.29 is 9.66 Å². The minimum atomic E-state index is -0.505. The molecule has 0 amide bonds. The number of ether oxygens (including phenoxy) is 1. The summed E-state index contributed by atoms with van der Waals surface area (Å²) in [6.07, 6.45) is 4.54. The molecule has 0 N–H and O–H groups in total. The molecule has 4 nitrogen and oxygen atoms in total. The van der Waals surface area contributed by atoms with Crippen molar-refractivity contribution in [3.63, 3.8) is 0 Å². The number of benzene rings is 1. The van der Waals surface area contributed by atoms with Crippen molar-refractivity contribution in [3.8, 4) is 5.75 Å². The van der Waals surface area contributed by atoms with Crippen LogP contribution in [0.4, 0.5) is 5.69 Å². The second-order valence-corrected chi connectivity index (χ2v) is 3.90. The SMILES string of the molecule is C=C/C=C(\C=C)Oc1ccc(Br)cc1[N+](=O)[O-]. The first-order valence-electron chi connectivity index (χ1n) is 4.65. The molecule has 0 bridgehead atoms. The van der Waals surface area contributed by atoms with Crippen molar-refractivity contribution in [2.75, 3.05) is 0 Å². The lowest BCUT2D eigenvalue weighted by Crippen LogP contribution is -1.97. The summed E-state index contributed by atoms with van der Waals surface area (Å²) < 4.78 is 5.98. The van der Waals surface area contributed by atoms with Gasteiger partial charge in [-0.15, -0.1) is 0 Å². The van der Waals surface area contributed by atoms with Crippen molar-refractivity contribution in [2.45, 2.75) is 0 Å². The van der Waals surface area contributed by atoms with Gasteiger partial charge in [-0.05, 0) is 24.3 Å². The maximum absolute atomic E-state index is 10.8. The van der Waals surface area contributed by atoms with Gasteiger partial charge in [-0.1, -0.05) is 35.2 Å². The summed E-state index contributed by atoms with van der Waals surface area (Å²) >= 11 is 3.17. The highest BCUT2D eigenvalue weighted by Gasteiger charge is 2.16. The van der Waals surface area contributed by atoms with Gasteiger partial charge < -0.3 is 4.74 Å². The minimum Gasteiger partial charge on any atom is -0.450 e. The lowest BCUT2D eigenvalue weighted by molar-refractivity contribution is -0.385. The lowest BCUT2D eigenvalue weighted by atomic mass is 10.3. The molecule has 0 aromatic heterocycles. The van der Waals surface area contributed by atoms with Gasteiger partial charge in [0.1, 0.15) is 5.76 Å². The largest absolute Gasteiger partial charge is 0.450 e. The Balaban J connectivity index is 3.13. The van der Waals surface area contributed by atoms with Crippen LogP contribution >= 0.6 is 15.9 Å². The Morgan fingerprint density at radius 3 is 2.71 bits per heavy atom. The number of nitro groups is 1. The third-order valence-electron chi connectivity index (χ3n) is 1.83. The van der Waals surface area contributed by atoms with E-state index in [4.69, 9.17) is 4.74 Å². The highest BCUT2D eigenvalue weighted by molar-refractivity contribution is 9.10. The van der Waals surface area contributed by atoms with Gasteiger partial charge in [0.05, 0.1) is 4.92 Å². The molecule has 0 unspecified atom stereocenters. The molecule has 1 aromatic rings. The van der Waals surface area contributed by atoms with E-state index >= 15 is 0 Å². The van der Waals surface area contributed by atoms with E-state index in [2.05, 4.69) is 29.1 Å². The number of hydrogen-bond donors (Lipinski definition) is 0. The smallest absolute Gasteiger partial charge is 0.312 e. The molecule has 1 rings (SSSR count). The first-order valence-corrected chi connectivity index (χ1v) is 5.44. The summed E-state index contributed by atoms with van der Waals surface area (Å²) in [7, 11) is 0. The Labute approximate surface area is 107 Å². The van der Waals surface area contributed by atoms with Crippen LogP contribution in [0.25, 0.3) is 0 Å². The van der Waals surface area contributed by atoms with E-state index < -0.39 is 4.92 Å². The molecule has 0 saturated heterocycles. The van der Waals surface area contributed by atoms with Crippen molar-refractivity contribution in [1.29, 1.82) is 0 Å². The van der Waals surface area contributed by atoms with Crippen LogP contribution in [0.5, 0.6) is 5.75 Å². The molecule has 0 atom stereocenters. The average Bonchev–Trinajstić information content (AvgIpc) is 2.30. The third-order valence-corrected chi connectivity index (χ3v) is 2.32. The summed E-state index contributed by atoms with van der Waals surface area (Å²) in [5, 5.41) is 10.8. The van der Waals surface area contributed by atoms with Crippen LogP contribution in [-0.2, 0) is 0 Å². The molecule has 88 valence electrons. The molecule has 0 radical (unpaired) electrons. The van der Waals surface area contributed by atoms with Gasteiger partial charge in [0, 0.05) is 10.5 Å². The van der Waals surface area contributed by atoms with E-state index in [-0.39, 0.29) is 11.4 Å². The topological polar surface area (TPSA) is 52.4 Å². The Morgan fingerprint density at radius 2 is 2.18 bits per heavy atom. The van der Waals surface area contributed by atoms with Crippen molar-refractivity contribution in [2.24, 2.45) is 0 Å². The monoisotopic (exact) mass is 295 g/mol. The zero-order valence-electron chi connectivity index (χ0n) is 8.93. The highest BCUT2D eigenvalue weighted by Crippen LogP contribution is 2.31. The Hall–Kier alpha value is -1.88. The Morgan fingerprint density at radius 1 is 1.47 bits per heavy atom. The third kappa shape index (κ3) is 3.57. The van der Waals surface area contributed by atoms with Gasteiger partial charge in [0.25, 0.3) is 0 Å². The molecule has 0 saturated carbocycles. The van der Waals surface area contributed by atoms with E-state index in [9.17, 15) is 10.1 Å². The highest BCUT2D eigenvalue weighted by atomic mass is 79.9. The van der Waals surface area contributed by atoms with Gasteiger partial charge in [-0.2, -0.15) is 0 Å². The number of nitrogens with zero attached hydrogens (tertiary/aromatic N) is 1. The molecule has 17 heavy (non-hydrogen) atoms. The quantitative estimate of drug-likeness (QED) is 0.357. The number of hydrogen-bond acceptors (Lipinski definition) is 3. The molecule has 1 aromatic carbocycles. The summed E-state index contributed by atoms with van der Waals surface area (Å²) in [6, 6.07) is 4.56. The zero-order chi connectivity index (χ0) is 12.8. The van der Waals surface area contributed by atoms with Crippen LogP contribution in [0, 0.1) is 10.1 Å². The van der Waals surface area contributed by atoms with E-state index in [1.54, 1.807) is 12.1 Å². The molecule has 0 aliphatic heterocycles. The Kier molecular flexibility index (Phi) is 4.66. The molecular weight excluding hydrogens is 286 g/mol. The summed E-state index contributed by atoms with van der Waals surface area (Å²) in [6.45, 7) is 7.06. The predicted molar refractivity (Wildman–Crippen MR) is 69.9 cm³/mol. The zero-order valence-corrected chi connectivity index (χ0v) is 10.5. The molecule has 0 fully saturated rings. The summed E-state index contributed by atoms with van der Waals surface area (Å²) in [5.41, 5.74) is -0.115. The Bertz CT molecular complexity index is 495. The molecular formula is C12H10BrNO3. The molecule has 0 spiro atoms. The predicted octanol–water partition coefficient (Wildman–Crippen LogP) is 3.99. The fourth-order valence-corrected chi connectivity index (χ4v) is 1.46. The van der Waals surface area contributed by atoms with Crippen molar-refractivity contribution >= 4 is 21.6 Å². The molecule has 0 heterocycles. The van der Waals surface area contributed by atoms with Crippen molar-refractivity contribution in [3.05, 3.63) is 69.9 Å². The van der Waals surface area contributed by atoms with Crippen molar-refractivity contribution in [1.82, 2.24) is 0 Å². The summed E-state index contributed by atoms with van der Waals surface area (Å²) in [5.74, 6) is 0.552. The fraction of sp³-hybridized carbons (Fsp3) is 0. The molecule has 0 aliphatic rings. The van der Waals surface area contributed by atoms with Crippen LogP contribution < -0.4 is 4.74 Å². The fourth-order valence-electron chi connectivity index (χ4n) is 1.11. The van der Waals surface area contributed by atoms with Gasteiger partial charge in [-0.25, -0.2) is 0 Å². The van der Waals surface area contributed by atoms with Crippen LogP contribution in [0.15, 0.2) is 59.8 Å². The summed E-state index contributed by atoms with van der Waals surface area (Å²) in [4.78, 5) is 10.3. The normalized spacial score (nSPS) is 10.8. The molecule has 5 heteroatoms. The first-order chi connectivity index (χ1) is 8.08. The van der Waals surface area contributed by atoms with Gasteiger partial charge in [-0.3, -0.25) is 10.1 Å². The van der Waals surface area contributed by atoms with Gasteiger partial charge in [0.2, 0.25) is 5.75 Å². The second-order valence-electron chi connectivity index (χ2n) is 2.98. The van der Waals surface area contributed by atoms with Crippen LogP contribution in [0.1, 0.15) is 0 Å². The average molecular weight is 296 g/mol. The van der Waals surface area contributed by atoms with E-state index in [1.807, 2.05) is 0 Å². The van der Waals surface area contributed by atoms with Crippen LogP contribution in [0.3, 0.4) is 0 Å². The van der Waals surface area contributed by atoms with Gasteiger partial charge in [0.15, 0.2) is 0 Å². The van der Waals surface area contributed by atoms with Crippen LogP contribution in [-0.4, -0.2) is 4.92 Å². The number of allylic oxidation sites excluding steroid dienone is 3. The van der Waals surface area contributed by atoms with Crippen LogP contribution in [0.2, 0.25) is 0 Å². The maximum atomic E-state index is 10.8. The second kappa shape index (κ2) is 6.00. The first kappa shape index (κ1) is 13.2.